The van der Waals surface area contributed by atoms with Gasteiger partial charge in [-0.3, -0.25) is 4.79 Å². The molecular weight excluding hydrogens is 452 g/mol. The third-order valence-corrected chi connectivity index (χ3v) is 6.91. The topological polar surface area (TPSA) is 83.5 Å². The van der Waals surface area contributed by atoms with E-state index in [0.29, 0.717) is 17.4 Å². The Labute approximate surface area is 205 Å². The van der Waals surface area contributed by atoms with Crippen molar-refractivity contribution in [1.29, 1.82) is 0 Å². The molecule has 1 fully saturated rings. The summed E-state index contributed by atoms with van der Waals surface area (Å²) in [6.07, 6.45) is 5.77. The van der Waals surface area contributed by atoms with Gasteiger partial charge in [-0.15, -0.1) is 0 Å². The average Bonchev–Trinajstić information content (AvgIpc) is 2.74. The molecule has 2 aliphatic rings. The van der Waals surface area contributed by atoms with Crippen molar-refractivity contribution in [1.82, 2.24) is 15.6 Å². The summed E-state index contributed by atoms with van der Waals surface area (Å²) in [6.45, 7) is 5.88. The van der Waals surface area contributed by atoms with Gasteiger partial charge in [0.2, 0.25) is 11.8 Å². The number of hydrogen-bond donors (Lipinski definition) is 3. The standard InChI is InChI=1S/C27H35F2N3O3/c1-16(2)7-19-10-22-24(13-27(5-4-6-27)35-26(22)31-14-19)30-15-25(34)23(32-17(3)33)11-18-8-20(28)12-21(29)9-18/h8-10,12,14,16,23-25,30,34H,4-7,11,13,15H2,1-3H3,(H,32,33)/t23-,24-,25+/m0/s1. The second-order valence-electron chi connectivity index (χ2n) is 10.5. The van der Waals surface area contributed by atoms with Gasteiger partial charge in [-0.25, -0.2) is 13.8 Å². The fourth-order valence-corrected chi connectivity index (χ4v) is 5.15. The number of nitrogens with one attached hydrogen (secondary N) is 2. The van der Waals surface area contributed by atoms with Crippen LogP contribution in [0.4, 0.5) is 8.78 Å². The summed E-state index contributed by atoms with van der Waals surface area (Å²) >= 11 is 0. The number of fused-ring (bicyclic) bond motifs is 1. The predicted molar refractivity (Wildman–Crippen MR) is 129 cm³/mol. The molecule has 1 amide bonds. The Morgan fingerprint density at radius 3 is 2.49 bits per heavy atom. The highest BCUT2D eigenvalue weighted by atomic mass is 19.1. The number of carbonyl (C=O) groups is 1. The molecule has 8 heteroatoms. The van der Waals surface area contributed by atoms with Crippen LogP contribution in [0.1, 0.15) is 69.2 Å². The molecule has 1 aliphatic carbocycles. The van der Waals surface area contributed by atoms with Crippen LogP contribution in [0.2, 0.25) is 0 Å². The molecule has 1 saturated carbocycles. The maximum atomic E-state index is 13.7. The van der Waals surface area contributed by atoms with E-state index in [4.69, 9.17) is 4.74 Å². The van der Waals surface area contributed by atoms with Gasteiger partial charge in [0.25, 0.3) is 0 Å². The van der Waals surface area contributed by atoms with Crippen molar-refractivity contribution < 1.29 is 23.4 Å². The smallest absolute Gasteiger partial charge is 0.218 e. The fraction of sp³-hybridized carbons (Fsp3) is 0.556. The third kappa shape index (κ3) is 6.35. The zero-order valence-corrected chi connectivity index (χ0v) is 20.6. The van der Waals surface area contributed by atoms with Crippen LogP contribution in [0.3, 0.4) is 0 Å². The first kappa shape index (κ1) is 25.5. The molecule has 190 valence electrons. The molecule has 1 aliphatic heterocycles. The molecule has 2 aromatic rings. The number of rotatable bonds is 9. The van der Waals surface area contributed by atoms with Gasteiger partial charge >= 0.3 is 0 Å². The monoisotopic (exact) mass is 487 g/mol. The molecule has 0 radical (unpaired) electrons. The molecule has 1 aromatic heterocycles. The van der Waals surface area contributed by atoms with Crippen molar-refractivity contribution in [2.75, 3.05) is 6.54 Å². The van der Waals surface area contributed by atoms with E-state index in [-0.39, 0.29) is 30.5 Å². The first-order valence-corrected chi connectivity index (χ1v) is 12.4. The third-order valence-electron chi connectivity index (χ3n) is 6.91. The summed E-state index contributed by atoms with van der Waals surface area (Å²) in [4.78, 5) is 16.4. The lowest BCUT2D eigenvalue weighted by Crippen LogP contribution is -2.52. The van der Waals surface area contributed by atoms with Gasteiger partial charge in [0.15, 0.2) is 0 Å². The zero-order valence-electron chi connectivity index (χ0n) is 20.6. The van der Waals surface area contributed by atoms with E-state index >= 15 is 0 Å². The number of pyridine rings is 1. The number of carbonyl (C=O) groups excluding carboxylic acids is 1. The maximum Gasteiger partial charge on any atom is 0.218 e. The van der Waals surface area contributed by atoms with Crippen molar-refractivity contribution in [2.45, 2.75) is 83.1 Å². The van der Waals surface area contributed by atoms with Crippen molar-refractivity contribution in [3.05, 3.63) is 58.8 Å². The highest BCUT2D eigenvalue weighted by Gasteiger charge is 2.46. The summed E-state index contributed by atoms with van der Waals surface area (Å²) < 4.78 is 33.7. The Kier molecular flexibility index (Phi) is 7.71. The summed E-state index contributed by atoms with van der Waals surface area (Å²) in [5.74, 6) is -0.564. The Morgan fingerprint density at radius 2 is 1.89 bits per heavy atom. The van der Waals surface area contributed by atoms with Crippen molar-refractivity contribution in [3.63, 3.8) is 0 Å². The summed E-state index contributed by atoms with van der Waals surface area (Å²) in [7, 11) is 0. The van der Waals surface area contributed by atoms with Gasteiger partial charge in [-0.1, -0.05) is 13.8 Å². The number of aliphatic hydroxyl groups excluding tert-OH is 1. The number of amides is 1. The lowest BCUT2D eigenvalue weighted by molar-refractivity contribution is -0.120. The number of benzene rings is 1. The van der Waals surface area contributed by atoms with E-state index in [1.165, 1.54) is 19.1 Å². The minimum absolute atomic E-state index is 0.0575. The van der Waals surface area contributed by atoms with Crippen molar-refractivity contribution in [2.24, 2.45) is 5.92 Å². The number of hydrogen-bond acceptors (Lipinski definition) is 5. The zero-order chi connectivity index (χ0) is 25.2. The van der Waals surface area contributed by atoms with Crippen LogP contribution in [0.15, 0.2) is 30.5 Å². The van der Waals surface area contributed by atoms with Crippen molar-refractivity contribution in [3.8, 4) is 5.88 Å². The van der Waals surface area contributed by atoms with E-state index in [0.717, 1.165) is 49.3 Å². The second-order valence-corrected chi connectivity index (χ2v) is 10.5. The molecule has 0 unspecified atom stereocenters. The maximum absolute atomic E-state index is 13.7. The largest absolute Gasteiger partial charge is 0.471 e. The first-order valence-electron chi connectivity index (χ1n) is 12.4. The quantitative estimate of drug-likeness (QED) is 0.498. The summed E-state index contributed by atoms with van der Waals surface area (Å²) in [5.41, 5.74) is 2.27. The van der Waals surface area contributed by atoms with Gasteiger partial charge in [0.05, 0.1) is 12.1 Å². The van der Waals surface area contributed by atoms with Crippen LogP contribution >= 0.6 is 0 Å². The van der Waals surface area contributed by atoms with Gasteiger partial charge in [-0.05, 0) is 67.3 Å². The number of halogens is 2. The molecule has 1 spiro atoms. The lowest BCUT2D eigenvalue weighted by Gasteiger charge is -2.47. The predicted octanol–water partition coefficient (Wildman–Crippen LogP) is 4.00. The SMILES string of the molecule is CC(=O)N[C@@H](Cc1cc(F)cc(F)c1)[C@H](O)CN[C@H]1CC2(CCC2)Oc2ncc(CC(C)C)cc21. The van der Waals surface area contributed by atoms with Crippen LogP contribution < -0.4 is 15.4 Å². The van der Waals surface area contributed by atoms with E-state index in [9.17, 15) is 18.7 Å². The van der Waals surface area contributed by atoms with E-state index in [1.807, 2.05) is 6.20 Å². The average molecular weight is 488 g/mol. The highest BCUT2D eigenvalue weighted by Crippen LogP contribution is 2.48. The summed E-state index contributed by atoms with van der Waals surface area (Å²) in [5, 5.41) is 17.2. The number of nitrogens with zero attached hydrogens (tertiary/aromatic N) is 1. The normalized spacial score (nSPS) is 20.0. The number of ether oxygens (including phenoxy) is 1. The van der Waals surface area contributed by atoms with E-state index < -0.39 is 23.8 Å². The first-order chi connectivity index (χ1) is 16.6. The van der Waals surface area contributed by atoms with Crippen LogP contribution in [-0.4, -0.2) is 40.3 Å². The van der Waals surface area contributed by atoms with Gasteiger partial charge in [0, 0.05) is 43.8 Å². The van der Waals surface area contributed by atoms with Gasteiger partial charge in [0.1, 0.15) is 17.2 Å². The second kappa shape index (κ2) is 10.6. The summed E-state index contributed by atoms with van der Waals surface area (Å²) in [6, 6.07) is 4.61. The lowest BCUT2D eigenvalue weighted by atomic mass is 9.73. The molecule has 0 bridgehead atoms. The number of aromatic nitrogens is 1. The van der Waals surface area contributed by atoms with Crippen LogP contribution in [0.25, 0.3) is 0 Å². The Bertz CT molecular complexity index is 1040. The molecule has 4 rings (SSSR count). The molecule has 6 nitrogen and oxygen atoms in total. The molecule has 35 heavy (non-hydrogen) atoms. The molecular formula is C27H35F2N3O3. The fourth-order valence-electron chi connectivity index (χ4n) is 5.15. The number of aliphatic hydroxyl groups is 1. The van der Waals surface area contributed by atoms with E-state index in [1.54, 1.807) is 0 Å². The molecule has 0 saturated heterocycles. The van der Waals surface area contributed by atoms with E-state index in [2.05, 4.69) is 35.5 Å². The minimum Gasteiger partial charge on any atom is -0.471 e. The van der Waals surface area contributed by atoms with Crippen molar-refractivity contribution >= 4 is 5.91 Å². The van der Waals surface area contributed by atoms with Crippen LogP contribution in [-0.2, 0) is 17.6 Å². The van der Waals surface area contributed by atoms with Gasteiger partial charge in [-0.2, -0.15) is 0 Å². The minimum atomic E-state index is -0.972. The molecule has 3 N–H and O–H groups in total. The molecule has 1 aromatic carbocycles. The van der Waals surface area contributed by atoms with Gasteiger partial charge < -0.3 is 20.5 Å². The van der Waals surface area contributed by atoms with Crippen LogP contribution in [0.5, 0.6) is 5.88 Å². The highest BCUT2D eigenvalue weighted by molar-refractivity contribution is 5.73. The molecule has 3 atom stereocenters. The Hall–Kier alpha value is -2.58. The molecule has 2 heterocycles. The Balaban J connectivity index is 1.50. The Morgan fingerprint density at radius 1 is 1.17 bits per heavy atom. The van der Waals surface area contributed by atoms with Crippen LogP contribution in [0, 0.1) is 17.6 Å².